The lowest BCUT2D eigenvalue weighted by Crippen LogP contribution is -2.73. The van der Waals surface area contributed by atoms with Crippen LogP contribution in [-0.2, 0) is 20.7 Å². The maximum atomic E-state index is 13.9. The topological polar surface area (TPSA) is 92.7 Å². The van der Waals surface area contributed by atoms with Gasteiger partial charge in [-0.05, 0) is 58.6 Å². The Morgan fingerprint density at radius 3 is 2.50 bits per heavy atom. The Morgan fingerprint density at radius 2 is 1.93 bits per heavy atom. The van der Waals surface area contributed by atoms with Crippen molar-refractivity contribution in [2.75, 3.05) is 17.7 Å². The number of likely N-dealkylation sites (tertiary alicyclic amines) is 1. The maximum absolute atomic E-state index is 13.9. The molecule has 0 aromatic carbocycles. The Balaban J connectivity index is 1.53. The third-order valence-corrected chi connectivity index (χ3v) is 7.39. The average molecular weight is 431 g/mol. The zero-order valence-corrected chi connectivity index (χ0v) is 18.5. The molecule has 1 atom stereocenters. The van der Waals surface area contributed by atoms with Crippen LogP contribution in [0.5, 0.6) is 0 Å². The summed E-state index contributed by atoms with van der Waals surface area (Å²) in [6.07, 6.45) is 6.34. The quantitative estimate of drug-likeness (QED) is 0.405. The summed E-state index contributed by atoms with van der Waals surface area (Å²) in [7, 11) is 0. The van der Waals surface area contributed by atoms with E-state index in [2.05, 4.69) is 9.97 Å². The van der Waals surface area contributed by atoms with Crippen molar-refractivity contribution in [2.45, 2.75) is 69.2 Å². The van der Waals surface area contributed by atoms with E-state index in [0.29, 0.717) is 23.3 Å². The van der Waals surface area contributed by atoms with Crippen LogP contribution >= 0.6 is 11.8 Å². The van der Waals surface area contributed by atoms with Crippen molar-refractivity contribution in [3.05, 3.63) is 11.8 Å². The second kappa shape index (κ2) is 6.18. The lowest BCUT2D eigenvalue weighted by Gasteiger charge is -2.67. The second-order valence-electron chi connectivity index (χ2n) is 9.99. The Bertz CT molecular complexity index is 957. The van der Waals surface area contributed by atoms with Gasteiger partial charge in [0.1, 0.15) is 16.8 Å². The van der Waals surface area contributed by atoms with E-state index in [1.165, 1.54) is 11.8 Å². The molecule has 30 heavy (non-hydrogen) atoms. The van der Waals surface area contributed by atoms with Crippen molar-refractivity contribution in [1.82, 2.24) is 14.9 Å². The van der Waals surface area contributed by atoms with Crippen LogP contribution in [0.4, 0.5) is 10.6 Å². The molecule has 4 fully saturated rings. The maximum Gasteiger partial charge on any atom is 0.417 e. The Hall–Kier alpha value is -2.16. The van der Waals surface area contributed by atoms with Crippen LogP contribution in [0, 0.1) is 11.3 Å². The molecule has 3 saturated carbocycles. The predicted molar refractivity (Wildman–Crippen MR) is 110 cm³/mol. The number of fused-ring (bicyclic) bond motifs is 1. The second-order valence-corrected chi connectivity index (χ2v) is 10.8. The van der Waals surface area contributed by atoms with Gasteiger partial charge in [-0.3, -0.25) is 14.5 Å². The molecule has 3 amide bonds. The fourth-order valence-electron chi connectivity index (χ4n) is 5.28. The van der Waals surface area contributed by atoms with E-state index in [0.717, 1.165) is 29.7 Å². The molecule has 1 aromatic heterocycles. The van der Waals surface area contributed by atoms with Crippen molar-refractivity contribution in [1.29, 1.82) is 0 Å². The summed E-state index contributed by atoms with van der Waals surface area (Å²) in [6, 6.07) is 0. The highest BCUT2D eigenvalue weighted by molar-refractivity contribution is 7.98. The third kappa shape index (κ3) is 2.63. The molecule has 2 aliphatic heterocycles. The number of carbonyl (C=O) groups is 3. The zero-order valence-electron chi connectivity index (χ0n) is 17.7. The minimum atomic E-state index is -1.27. The summed E-state index contributed by atoms with van der Waals surface area (Å²) in [4.78, 5) is 51.9. The van der Waals surface area contributed by atoms with Gasteiger partial charge in [0.15, 0.2) is 5.16 Å². The number of rotatable bonds is 2. The Morgan fingerprint density at radius 1 is 1.23 bits per heavy atom. The van der Waals surface area contributed by atoms with E-state index in [9.17, 15) is 14.4 Å². The molecule has 0 N–H and O–H groups in total. The summed E-state index contributed by atoms with van der Waals surface area (Å²) in [5.41, 5.74) is -1.41. The number of nitrogens with zero attached hydrogens (tertiary/aromatic N) is 4. The van der Waals surface area contributed by atoms with Crippen LogP contribution in [-0.4, -0.2) is 56.7 Å². The van der Waals surface area contributed by atoms with E-state index in [4.69, 9.17) is 4.74 Å². The lowest BCUT2D eigenvalue weighted by atomic mass is 9.48. The predicted octanol–water partition coefficient (Wildman–Crippen LogP) is 2.79. The number of carbonyl (C=O) groups excluding carboxylic acids is 3. The molecule has 160 valence electrons. The largest absolute Gasteiger partial charge is 0.443 e. The number of thioether (sulfide) groups is 1. The van der Waals surface area contributed by atoms with Gasteiger partial charge in [0, 0.05) is 24.7 Å². The molecular weight excluding hydrogens is 404 g/mol. The fraction of sp³-hybridized carbons (Fsp3) is 0.667. The lowest BCUT2D eigenvalue weighted by molar-refractivity contribution is -0.147. The standard InChI is InChI=1S/C21H26N4O4S/c1-19(2,3)29-18(28)24-6-5-21(15(24)26)10-13-11-22-17(30-4)23-14(13)25(16(21)27)20-7-12(8-20)9-20/h11-12H,5-10H2,1-4H3/t12?,20?,21-/m1/s1. The normalized spacial score (nSPS) is 32.1. The number of hydrogen-bond donors (Lipinski definition) is 0. The molecule has 5 aliphatic rings. The molecule has 0 unspecified atom stereocenters. The molecule has 6 rings (SSSR count). The number of ether oxygens (including phenoxy) is 1. The summed E-state index contributed by atoms with van der Waals surface area (Å²) < 4.78 is 5.41. The van der Waals surface area contributed by atoms with Gasteiger partial charge < -0.3 is 4.74 Å². The van der Waals surface area contributed by atoms with E-state index < -0.39 is 23.0 Å². The molecule has 3 aliphatic carbocycles. The van der Waals surface area contributed by atoms with Crippen molar-refractivity contribution >= 4 is 35.5 Å². The SMILES string of the molecule is CSc1ncc2c(n1)N(C13CC(C1)C3)C(=O)[C@]1(CCN(C(=O)OC(C)(C)C)C1=O)C2. The van der Waals surface area contributed by atoms with Gasteiger partial charge in [0.25, 0.3) is 0 Å². The number of amides is 3. The van der Waals surface area contributed by atoms with Gasteiger partial charge in [-0.25, -0.2) is 19.7 Å². The van der Waals surface area contributed by atoms with Crippen LogP contribution in [0.2, 0.25) is 0 Å². The van der Waals surface area contributed by atoms with E-state index in [1.54, 1.807) is 31.9 Å². The highest BCUT2D eigenvalue weighted by Crippen LogP contribution is 2.63. The van der Waals surface area contributed by atoms with E-state index in [-0.39, 0.29) is 24.4 Å². The first-order valence-electron chi connectivity index (χ1n) is 10.4. The molecular formula is C21H26N4O4S. The molecule has 3 heterocycles. The monoisotopic (exact) mass is 430 g/mol. The highest BCUT2D eigenvalue weighted by Gasteiger charge is 2.68. The minimum absolute atomic E-state index is 0.183. The summed E-state index contributed by atoms with van der Waals surface area (Å²) in [5, 5.41) is 0.613. The molecule has 1 saturated heterocycles. The van der Waals surface area contributed by atoms with Gasteiger partial charge in [-0.15, -0.1) is 0 Å². The van der Waals surface area contributed by atoms with Crippen LogP contribution < -0.4 is 4.90 Å². The van der Waals surface area contributed by atoms with Gasteiger partial charge in [-0.1, -0.05) is 11.8 Å². The van der Waals surface area contributed by atoms with Crippen molar-refractivity contribution in [3.63, 3.8) is 0 Å². The van der Waals surface area contributed by atoms with Gasteiger partial charge in [0.2, 0.25) is 11.8 Å². The molecule has 0 radical (unpaired) electrons. The highest BCUT2D eigenvalue weighted by atomic mass is 32.2. The smallest absolute Gasteiger partial charge is 0.417 e. The number of aromatic nitrogens is 2. The van der Waals surface area contributed by atoms with E-state index in [1.807, 2.05) is 6.26 Å². The Labute approximate surface area is 179 Å². The first-order valence-corrected chi connectivity index (χ1v) is 11.6. The minimum Gasteiger partial charge on any atom is -0.443 e. The summed E-state index contributed by atoms with van der Waals surface area (Å²) >= 11 is 1.43. The molecule has 2 bridgehead atoms. The van der Waals surface area contributed by atoms with Crippen LogP contribution in [0.1, 0.15) is 52.0 Å². The zero-order chi connectivity index (χ0) is 21.5. The Kier molecular flexibility index (Phi) is 4.08. The van der Waals surface area contributed by atoms with Crippen molar-refractivity contribution in [3.8, 4) is 0 Å². The summed E-state index contributed by atoms with van der Waals surface area (Å²) in [6.45, 7) is 5.46. The first kappa shape index (κ1) is 19.8. The molecule has 1 aromatic rings. The van der Waals surface area contributed by atoms with Crippen LogP contribution in [0.25, 0.3) is 0 Å². The van der Waals surface area contributed by atoms with Gasteiger partial charge in [-0.2, -0.15) is 0 Å². The fourth-order valence-corrected chi connectivity index (χ4v) is 5.62. The molecule has 8 nitrogen and oxygen atoms in total. The number of imide groups is 1. The number of hydrogen-bond acceptors (Lipinski definition) is 7. The summed E-state index contributed by atoms with van der Waals surface area (Å²) in [5.74, 6) is 0.637. The first-order chi connectivity index (χ1) is 14.1. The third-order valence-electron chi connectivity index (χ3n) is 6.83. The van der Waals surface area contributed by atoms with Gasteiger partial charge >= 0.3 is 6.09 Å². The number of anilines is 1. The molecule has 1 spiro atoms. The van der Waals surface area contributed by atoms with E-state index >= 15 is 0 Å². The van der Waals surface area contributed by atoms with Gasteiger partial charge in [0.05, 0.1) is 5.54 Å². The van der Waals surface area contributed by atoms with Crippen LogP contribution in [0.15, 0.2) is 11.4 Å². The average Bonchev–Trinajstić information content (AvgIpc) is 2.92. The molecule has 9 heteroatoms. The van der Waals surface area contributed by atoms with Crippen molar-refractivity contribution in [2.24, 2.45) is 11.3 Å². The van der Waals surface area contributed by atoms with Crippen LogP contribution in [0.3, 0.4) is 0 Å². The van der Waals surface area contributed by atoms with Crippen molar-refractivity contribution < 1.29 is 19.1 Å².